The molecule has 0 unspecified atom stereocenters. The first-order valence-corrected chi connectivity index (χ1v) is 8.33. The summed E-state index contributed by atoms with van der Waals surface area (Å²) >= 11 is 0. The van der Waals surface area contributed by atoms with Gasteiger partial charge in [-0.05, 0) is 12.5 Å². The molecule has 2 aliphatic rings. The maximum absolute atomic E-state index is 12.6. The van der Waals surface area contributed by atoms with E-state index in [1.54, 1.807) is 6.07 Å². The second-order valence-electron chi connectivity index (χ2n) is 6.15. The molecule has 1 aromatic carbocycles. The van der Waals surface area contributed by atoms with Gasteiger partial charge in [-0.3, -0.25) is 4.79 Å². The lowest BCUT2D eigenvalue weighted by Gasteiger charge is -2.29. The minimum atomic E-state index is -0.570. The van der Waals surface area contributed by atoms with E-state index in [2.05, 4.69) is 6.92 Å². The smallest absolute Gasteiger partial charge is 0.342 e. The molecule has 0 amide bonds. The summed E-state index contributed by atoms with van der Waals surface area (Å²) in [6.45, 7) is 3.34. The van der Waals surface area contributed by atoms with E-state index >= 15 is 0 Å². The van der Waals surface area contributed by atoms with E-state index in [1.807, 2.05) is 0 Å². The monoisotopic (exact) mass is 350 g/mol. The van der Waals surface area contributed by atoms with Crippen LogP contribution in [0.5, 0.6) is 17.2 Å². The third-order valence-electron chi connectivity index (χ3n) is 4.45. The first-order chi connectivity index (χ1) is 12.0. The Kier molecular flexibility index (Phi) is 4.85. The average molecular weight is 350 g/mol. The van der Waals surface area contributed by atoms with Gasteiger partial charge in [0.1, 0.15) is 17.8 Å². The number of ether oxygens (including phenoxy) is 5. The molecule has 0 N–H and O–H groups in total. The van der Waals surface area contributed by atoms with Gasteiger partial charge in [0.2, 0.25) is 5.75 Å². The van der Waals surface area contributed by atoms with Gasteiger partial charge in [0, 0.05) is 18.9 Å². The summed E-state index contributed by atoms with van der Waals surface area (Å²) in [4.78, 5) is 24.1. The highest BCUT2D eigenvalue weighted by Gasteiger charge is 2.46. The van der Waals surface area contributed by atoms with Crippen LogP contribution in [0.25, 0.3) is 0 Å². The molecule has 3 rings (SSSR count). The van der Waals surface area contributed by atoms with Crippen LogP contribution in [-0.2, 0) is 14.3 Å². The molecule has 7 nitrogen and oxygen atoms in total. The van der Waals surface area contributed by atoms with Crippen LogP contribution in [0.15, 0.2) is 6.07 Å². The average Bonchev–Trinajstić information content (AvgIpc) is 2.96. The van der Waals surface area contributed by atoms with Gasteiger partial charge in [-0.25, -0.2) is 4.79 Å². The van der Waals surface area contributed by atoms with E-state index in [0.29, 0.717) is 17.7 Å². The van der Waals surface area contributed by atoms with Crippen molar-refractivity contribution in [1.82, 2.24) is 0 Å². The fraction of sp³-hybridized carbons (Fsp3) is 0.556. The minimum Gasteiger partial charge on any atom is -0.493 e. The van der Waals surface area contributed by atoms with Crippen LogP contribution < -0.4 is 14.2 Å². The Labute approximate surface area is 146 Å². The molecule has 1 fully saturated rings. The minimum absolute atomic E-state index is 0.00958. The zero-order valence-corrected chi connectivity index (χ0v) is 14.8. The Morgan fingerprint density at radius 3 is 2.64 bits per heavy atom. The van der Waals surface area contributed by atoms with E-state index < -0.39 is 18.0 Å². The van der Waals surface area contributed by atoms with Crippen LogP contribution >= 0.6 is 0 Å². The topological polar surface area (TPSA) is 80.3 Å². The normalized spacial score (nSPS) is 24.2. The van der Waals surface area contributed by atoms with Gasteiger partial charge >= 0.3 is 11.9 Å². The van der Waals surface area contributed by atoms with E-state index in [1.165, 1.54) is 21.1 Å². The summed E-state index contributed by atoms with van der Waals surface area (Å²) in [6.07, 6.45) is 1.81. The number of hydrogen-bond donors (Lipinski definition) is 0. The predicted octanol–water partition coefficient (Wildman–Crippen LogP) is 2.80. The molecule has 2 heterocycles. The van der Waals surface area contributed by atoms with Crippen molar-refractivity contribution in [2.75, 3.05) is 14.2 Å². The van der Waals surface area contributed by atoms with Crippen LogP contribution in [-0.4, -0.2) is 38.4 Å². The molecule has 1 saturated heterocycles. The standard InChI is InChI=1S/C18H22O7/c1-5-6-10-7-13-15(24-10)11-8-12(21-3)16(22-4)17(23-9(2)19)14(11)18(20)25-13/h8,10,13,15H,5-7H2,1-4H3/t10-,13+,15+/m1/s1. The van der Waals surface area contributed by atoms with Gasteiger partial charge < -0.3 is 23.7 Å². The van der Waals surface area contributed by atoms with Crippen LogP contribution in [0.1, 0.15) is 55.1 Å². The highest BCUT2D eigenvalue weighted by molar-refractivity contribution is 5.98. The van der Waals surface area contributed by atoms with Crippen molar-refractivity contribution >= 4 is 11.9 Å². The number of carbonyl (C=O) groups is 2. The zero-order valence-electron chi connectivity index (χ0n) is 14.8. The Bertz CT molecular complexity index is 697. The summed E-state index contributed by atoms with van der Waals surface area (Å²) in [6, 6.07) is 1.70. The van der Waals surface area contributed by atoms with Gasteiger partial charge in [0.05, 0.1) is 20.3 Å². The quantitative estimate of drug-likeness (QED) is 0.597. The zero-order chi connectivity index (χ0) is 18.1. The lowest BCUT2D eigenvalue weighted by Crippen LogP contribution is -2.30. The van der Waals surface area contributed by atoms with Crippen LogP contribution in [0.4, 0.5) is 0 Å². The van der Waals surface area contributed by atoms with Gasteiger partial charge in [0.25, 0.3) is 0 Å². The number of fused-ring (bicyclic) bond motifs is 3. The number of rotatable bonds is 5. The SMILES string of the molecule is CCC[C@@H]1C[C@@H]2OC(=O)c3c(cc(OC)c(OC)c3OC(C)=O)[C@@H]2O1. The van der Waals surface area contributed by atoms with Crippen molar-refractivity contribution in [1.29, 1.82) is 0 Å². The molecule has 7 heteroatoms. The molecule has 2 aliphatic heterocycles. The van der Waals surface area contributed by atoms with Crippen molar-refractivity contribution in [3.63, 3.8) is 0 Å². The Balaban J connectivity index is 2.13. The van der Waals surface area contributed by atoms with Gasteiger partial charge in [-0.2, -0.15) is 0 Å². The van der Waals surface area contributed by atoms with Gasteiger partial charge in [-0.15, -0.1) is 0 Å². The number of hydrogen-bond acceptors (Lipinski definition) is 7. The summed E-state index contributed by atoms with van der Waals surface area (Å²) in [5.41, 5.74) is 0.764. The second-order valence-corrected chi connectivity index (χ2v) is 6.15. The van der Waals surface area contributed by atoms with Crippen molar-refractivity contribution in [2.45, 2.75) is 51.4 Å². The maximum Gasteiger partial charge on any atom is 0.342 e. The van der Waals surface area contributed by atoms with Crippen LogP contribution in [0, 0.1) is 0 Å². The highest BCUT2D eigenvalue weighted by Crippen LogP contribution is 2.50. The maximum atomic E-state index is 12.6. The molecule has 0 bridgehead atoms. The number of carbonyl (C=O) groups excluding carboxylic acids is 2. The largest absolute Gasteiger partial charge is 0.493 e. The first-order valence-electron chi connectivity index (χ1n) is 8.33. The second kappa shape index (κ2) is 6.92. The molecule has 136 valence electrons. The van der Waals surface area contributed by atoms with E-state index in [9.17, 15) is 9.59 Å². The Hall–Kier alpha value is -2.28. The predicted molar refractivity (Wildman–Crippen MR) is 87.2 cm³/mol. The summed E-state index contributed by atoms with van der Waals surface area (Å²) in [5, 5.41) is 0. The first kappa shape index (κ1) is 17.5. The van der Waals surface area contributed by atoms with E-state index in [0.717, 1.165) is 12.8 Å². The summed E-state index contributed by atoms with van der Waals surface area (Å²) in [7, 11) is 2.90. The lowest BCUT2D eigenvalue weighted by atomic mass is 9.93. The van der Waals surface area contributed by atoms with E-state index in [4.69, 9.17) is 23.7 Å². The third kappa shape index (κ3) is 3.04. The molecule has 0 saturated carbocycles. The molecular formula is C18H22O7. The van der Waals surface area contributed by atoms with Crippen LogP contribution in [0.3, 0.4) is 0 Å². The summed E-state index contributed by atoms with van der Waals surface area (Å²) in [5.74, 6) is -0.562. The molecular weight excluding hydrogens is 328 g/mol. The highest BCUT2D eigenvalue weighted by atomic mass is 16.6. The number of benzene rings is 1. The molecule has 0 aromatic heterocycles. The molecule has 0 radical (unpaired) electrons. The number of methoxy groups -OCH3 is 2. The fourth-order valence-electron chi connectivity index (χ4n) is 3.48. The molecule has 3 atom stereocenters. The Morgan fingerprint density at radius 1 is 1.28 bits per heavy atom. The third-order valence-corrected chi connectivity index (χ3v) is 4.45. The fourth-order valence-corrected chi connectivity index (χ4v) is 3.48. The van der Waals surface area contributed by atoms with E-state index in [-0.39, 0.29) is 29.3 Å². The van der Waals surface area contributed by atoms with Crippen molar-refractivity contribution in [3.05, 3.63) is 17.2 Å². The molecule has 25 heavy (non-hydrogen) atoms. The molecule has 0 spiro atoms. The lowest BCUT2D eigenvalue weighted by molar-refractivity contribution is -0.132. The van der Waals surface area contributed by atoms with Gasteiger partial charge in [0.15, 0.2) is 11.5 Å². The Morgan fingerprint density at radius 2 is 2.04 bits per heavy atom. The molecule has 0 aliphatic carbocycles. The summed E-state index contributed by atoms with van der Waals surface area (Å²) < 4.78 is 27.6. The van der Waals surface area contributed by atoms with Crippen molar-refractivity contribution < 1.29 is 33.3 Å². The van der Waals surface area contributed by atoms with Crippen LogP contribution in [0.2, 0.25) is 0 Å². The van der Waals surface area contributed by atoms with Crippen molar-refractivity contribution in [3.8, 4) is 17.2 Å². The molecule has 1 aromatic rings. The van der Waals surface area contributed by atoms with Gasteiger partial charge in [-0.1, -0.05) is 13.3 Å². The number of esters is 2. The van der Waals surface area contributed by atoms with Crippen molar-refractivity contribution in [2.24, 2.45) is 0 Å².